The summed E-state index contributed by atoms with van der Waals surface area (Å²) in [7, 11) is -4.08. The molecule has 0 atom stereocenters. The molecule has 0 fully saturated rings. The molecule has 2 aromatic carbocycles. The Morgan fingerprint density at radius 2 is 1.50 bits per heavy atom. The van der Waals surface area contributed by atoms with Crippen LogP contribution in [0.4, 0.5) is 4.39 Å². The van der Waals surface area contributed by atoms with Gasteiger partial charge in [0.15, 0.2) is 0 Å². The number of primary sulfonamides is 1. The van der Waals surface area contributed by atoms with E-state index < -0.39 is 20.7 Å². The molecule has 0 aromatic heterocycles. The van der Waals surface area contributed by atoms with Gasteiger partial charge in [0, 0.05) is 10.0 Å². The third-order valence-electron chi connectivity index (χ3n) is 4.02. The maximum Gasteiger partial charge on any atom is 0.240 e. The fraction of sp³-hybridized carbons (Fsp3) is 0.176. The van der Waals surface area contributed by atoms with Crippen molar-refractivity contribution in [2.24, 2.45) is 5.14 Å². The first-order valence-electron chi connectivity index (χ1n) is 7.27. The van der Waals surface area contributed by atoms with E-state index in [0.29, 0.717) is 15.6 Å². The molecule has 0 saturated heterocycles. The van der Waals surface area contributed by atoms with Gasteiger partial charge in [0.2, 0.25) is 10.0 Å². The Balaban J connectivity index is 2.11. The number of hydrogen-bond donors (Lipinski definition) is 1. The average molecular weight is 386 g/mol. The fourth-order valence-corrected chi connectivity index (χ4v) is 4.14. The van der Waals surface area contributed by atoms with Gasteiger partial charge in [-0.05, 0) is 71.9 Å². The van der Waals surface area contributed by atoms with Gasteiger partial charge in [0.05, 0.1) is 0 Å². The fourth-order valence-electron chi connectivity index (χ4n) is 3.03. The smallest absolute Gasteiger partial charge is 0.225 e. The first-order chi connectivity index (χ1) is 11.3. The first kappa shape index (κ1) is 17.4. The Morgan fingerprint density at radius 1 is 0.917 bits per heavy atom. The van der Waals surface area contributed by atoms with Gasteiger partial charge in [-0.2, -0.15) is 0 Å². The van der Waals surface area contributed by atoms with E-state index in [1.165, 1.54) is 12.1 Å². The third-order valence-corrected chi connectivity index (χ3v) is 5.40. The quantitative estimate of drug-likeness (QED) is 0.818. The molecule has 0 radical (unpaired) electrons. The van der Waals surface area contributed by atoms with Crippen molar-refractivity contribution in [2.75, 3.05) is 0 Å². The number of rotatable bonds is 3. The summed E-state index contributed by atoms with van der Waals surface area (Å²) >= 11 is 12.1. The van der Waals surface area contributed by atoms with Crippen LogP contribution in [-0.4, -0.2) is 8.42 Å². The van der Waals surface area contributed by atoms with Crippen LogP contribution in [0.5, 0.6) is 0 Å². The third kappa shape index (κ3) is 3.49. The van der Waals surface area contributed by atoms with E-state index in [-0.39, 0.29) is 0 Å². The van der Waals surface area contributed by atoms with Crippen molar-refractivity contribution in [1.29, 1.82) is 0 Å². The van der Waals surface area contributed by atoms with Gasteiger partial charge >= 0.3 is 0 Å². The predicted molar refractivity (Wildman–Crippen MR) is 94.9 cm³/mol. The highest BCUT2D eigenvalue weighted by atomic mass is 35.5. The van der Waals surface area contributed by atoms with Crippen LogP contribution in [0.25, 0.3) is 11.1 Å². The number of sulfonamides is 1. The van der Waals surface area contributed by atoms with E-state index >= 15 is 0 Å². The molecule has 0 amide bonds. The van der Waals surface area contributed by atoms with Crippen LogP contribution in [0.2, 0.25) is 10.0 Å². The Bertz CT molecular complexity index is 935. The Morgan fingerprint density at radius 3 is 2.04 bits per heavy atom. The molecule has 2 aromatic rings. The van der Waals surface area contributed by atoms with Crippen molar-refractivity contribution in [1.82, 2.24) is 0 Å². The minimum Gasteiger partial charge on any atom is -0.225 e. The van der Waals surface area contributed by atoms with E-state index in [9.17, 15) is 12.8 Å². The second kappa shape index (κ2) is 6.48. The summed E-state index contributed by atoms with van der Waals surface area (Å²) < 4.78 is 36.8. The van der Waals surface area contributed by atoms with Crippen molar-refractivity contribution < 1.29 is 12.8 Å². The maximum atomic E-state index is 14.1. The highest BCUT2D eigenvalue weighted by Crippen LogP contribution is 2.41. The summed E-state index contributed by atoms with van der Waals surface area (Å²) in [6.45, 7) is 0. The van der Waals surface area contributed by atoms with Gasteiger partial charge in [0.25, 0.3) is 0 Å². The van der Waals surface area contributed by atoms with Crippen molar-refractivity contribution in [3.05, 3.63) is 63.4 Å². The minimum atomic E-state index is -4.08. The van der Waals surface area contributed by atoms with E-state index in [4.69, 9.17) is 28.3 Å². The van der Waals surface area contributed by atoms with Crippen LogP contribution in [0.3, 0.4) is 0 Å². The second-order valence-electron chi connectivity index (χ2n) is 5.66. The molecule has 7 heteroatoms. The zero-order chi connectivity index (χ0) is 17.5. The summed E-state index contributed by atoms with van der Waals surface area (Å²) in [5.41, 5.74) is 3.55. The Hall–Kier alpha value is -1.40. The van der Waals surface area contributed by atoms with Crippen molar-refractivity contribution in [3.8, 4) is 0 Å². The normalized spacial score (nSPS) is 15.2. The minimum absolute atomic E-state index is 0.503. The number of nitrogens with two attached hydrogens (primary N) is 1. The summed E-state index contributed by atoms with van der Waals surface area (Å²) in [6, 6.07) is 9.30. The molecule has 2 N–H and O–H groups in total. The first-order valence-corrected chi connectivity index (χ1v) is 9.57. The van der Waals surface area contributed by atoms with Crippen molar-refractivity contribution >= 4 is 44.4 Å². The highest BCUT2D eigenvalue weighted by molar-refractivity contribution is 7.89. The highest BCUT2D eigenvalue weighted by Gasteiger charge is 2.21. The van der Waals surface area contributed by atoms with Crippen LogP contribution in [-0.2, 0) is 10.0 Å². The Labute approximate surface area is 149 Å². The van der Waals surface area contributed by atoms with Crippen LogP contribution >= 0.6 is 23.2 Å². The molecule has 0 spiro atoms. The molecule has 1 aliphatic carbocycles. The zero-order valence-corrected chi connectivity index (χ0v) is 14.8. The van der Waals surface area contributed by atoms with Gasteiger partial charge in [0.1, 0.15) is 10.7 Å². The molecule has 0 saturated carbocycles. The van der Waals surface area contributed by atoms with Crippen LogP contribution < -0.4 is 5.14 Å². The molecular weight excluding hydrogens is 372 g/mol. The topological polar surface area (TPSA) is 60.2 Å². The molecule has 126 valence electrons. The lowest BCUT2D eigenvalue weighted by atomic mass is 9.97. The maximum absolute atomic E-state index is 14.1. The summed E-state index contributed by atoms with van der Waals surface area (Å²) in [6.07, 6.45) is 2.52. The molecule has 3 rings (SSSR count). The molecule has 24 heavy (non-hydrogen) atoms. The van der Waals surface area contributed by atoms with Crippen LogP contribution in [0.1, 0.15) is 30.4 Å². The number of benzene rings is 2. The number of hydrogen-bond acceptors (Lipinski definition) is 2. The Kier molecular flexibility index (Phi) is 4.71. The molecule has 0 unspecified atom stereocenters. The average Bonchev–Trinajstić information content (AvgIpc) is 2.94. The molecule has 0 bridgehead atoms. The monoisotopic (exact) mass is 385 g/mol. The molecule has 0 aliphatic heterocycles. The summed E-state index contributed by atoms with van der Waals surface area (Å²) in [5, 5.41) is 6.07. The second-order valence-corrected chi connectivity index (χ2v) is 8.06. The van der Waals surface area contributed by atoms with Crippen molar-refractivity contribution in [3.63, 3.8) is 0 Å². The zero-order valence-electron chi connectivity index (χ0n) is 12.5. The molecule has 3 nitrogen and oxygen atoms in total. The van der Waals surface area contributed by atoms with Crippen molar-refractivity contribution in [2.45, 2.75) is 24.2 Å². The largest absolute Gasteiger partial charge is 0.240 e. The van der Waals surface area contributed by atoms with Gasteiger partial charge in [-0.25, -0.2) is 17.9 Å². The SMILES string of the molecule is NS(=O)(=O)c1ccc(C2=C(c3cc(Cl)cc(Cl)c3)CCC2)cc1F. The van der Waals surface area contributed by atoms with Gasteiger partial charge in [-0.3, -0.25) is 0 Å². The number of allylic oxidation sites excluding steroid dienone is 2. The van der Waals surface area contributed by atoms with Gasteiger partial charge in [-0.15, -0.1) is 0 Å². The van der Waals surface area contributed by atoms with E-state index in [1.54, 1.807) is 12.1 Å². The summed E-state index contributed by atoms with van der Waals surface area (Å²) in [5.74, 6) is -0.849. The number of halogens is 3. The summed E-state index contributed by atoms with van der Waals surface area (Å²) in [4.78, 5) is -0.503. The van der Waals surface area contributed by atoms with Gasteiger partial charge < -0.3 is 0 Å². The standard InChI is InChI=1S/C17H14Cl2FNO2S/c18-12-6-11(7-13(19)9-12)15-3-1-2-14(15)10-4-5-17(16(20)8-10)24(21,22)23/h4-9H,1-3H2,(H2,21,22,23). The van der Waals surface area contributed by atoms with Crippen LogP contribution in [0.15, 0.2) is 41.3 Å². The van der Waals surface area contributed by atoms with Gasteiger partial charge in [-0.1, -0.05) is 29.3 Å². The molecule has 1 aliphatic rings. The lowest BCUT2D eigenvalue weighted by Gasteiger charge is -2.11. The lowest BCUT2D eigenvalue weighted by molar-refractivity contribution is 0.568. The molecule has 0 heterocycles. The van der Waals surface area contributed by atoms with E-state index in [2.05, 4.69) is 0 Å². The lowest BCUT2D eigenvalue weighted by Crippen LogP contribution is -2.14. The van der Waals surface area contributed by atoms with Crippen LogP contribution in [0, 0.1) is 5.82 Å². The predicted octanol–water partition coefficient (Wildman–Crippen LogP) is 4.87. The van der Waals surface area contributed by atoms with E-state index in [0.717, 1.165) is 36.0 Å². The van der Waals surface area contributed by atoms with E-state index in [1.807, 2.05) is 12.1 Å². The molecular formula is C17H14Cl2FNO2S.